The van der Waals surface area contributed by atoms with Crippen LogP contribution in [-0.4, -0.2) is 91.2 Å². The minimum absolute atomic E-state index is 0.0213. The first-order valence-corrected chi connectivity index (χ1v) is 18.0. The summed E-state index contributed by atoms with van der Waals surface area (Å²) >= 11 is 9.62. The maximum atomic E-state index is 15.0. The van der Waals surface area contributed by atoms with Gasteiger partial charge in [-0.2, -0.15) is 4.98 Å². The number of imidazole rings is 2. The van der Waals surface area contributed by atoms with E-state index in [4.69, 9.17) is 46.3 Å². The summed E-state index contributed by atoms with van der Waals surface area (Å²) in [5.41, 5.74) is 11.2. The Labute approximate surface area is 260 Å². The molecule has 25 heteroatoms. The number of alkyl halides is 2. The molecule has 0 saturated carbocycles. The van der Waals surface area contributed by atoms with Crippen LogP contribution in [0.5, 0.6) is 0 Å². The van der Waals surface area contributed by atoms with Crippen LogP contribution in [0.3, 0.4) is 0 Å². The van der Waals surface area contributed by atoms with Crippen LogP contribution in [0.15, 0.2) is 23.8 Å². The molecule has 45 heavy (non-hydrogen) atoms. The molecule has 0 amide bonds. The van der Waals surface area contributed by atoms with E-state index >= 15 is 8.78 Å². The van der Waals surface area contributed by atoms with Crippen LogP contribution in [0.4, 0.5) is 20.5 Å². The monoisotopic (exact) mass is 712 g/mol. The zero-order valence-electron chi connectivity index (χ0n) is 22.5. The van der Waals surface area contributed by atoms with Crippen molar-refractivity contribution in [3.05, 3.63) is 29.3 Å². The van der Waals surface area contributed by atoms with Crippen LogP contribution in [0.25, 0.3) is 22.3 Å². The van der Waals surface area contributed by atoms with Gasteiger partial charge < -0.3 is 49.2 Å². The molecule has 8 N–H and O–H groups in total. The third kappa shape index (κ3) is 6.75. The number of rotatable bonds is 10. The predicted octanol–water partition coefficient (Wildman–Crippen LogP) is 0.178. The Bertz CT molecular complexity index is 1910. The van der Waals surface area contributed by atoms with E-state index in [0.29, 0.717) is 11.2 Å². The number of hydrogen-bond acceptors (Lipinski definition) is 15. The molecule has 3 unspecified atom stereocenters. The number of anilines is 2. The number of nitrogens with zero attached hydrogens (tertiary/aromatic N) is 7. The van der Waals surface area contributed by atoms with E-state index in [2.05, 4.69) is 41.7 Å². The second-order valence-corrected chi connectivity index (χ2v) is 15.4. The van der Waals surface area contributed by atoms with Crippen molar-refractivity contribution in [3.63, 3.8) is 0 Å². The van der Waals surface area contributed by atoms with E-state index in [1.807, 2.05) is 0 Å². The highest BCUT2D eigenvalue weighted by molar-refractivity contribution is 8.07. The van der Waals surface area contributed by atoms with E-state index < -0.39 is 75.3 Å². The Hall–Kier alpha value is -2.66. The molecule has 0 radical (unpaired) electrons. The fraction of sp³-hybridized carbons (Fsp3) is 0.500. The average Bonchev–Trinajstić information content (AvgIpc) is 3.70. The Morgan fingerprint density at radius 1 is 1.02 bits per heavy atom. The second kappa shape index (κ2) is 11.9. The van der Waals surface area contributed by atoms with Crippen molar-refractivity contribution in [1.82, 2.24) is 39.0 Å². The van der Waals surface area contributed by atoms with Crippen LogP contribution in [-0.2, 0) is 46.7 Å². The zero-order valence-corrected chi connectivity index (χ0v) is 25.9. The van der Waals surface area contributed by atoms with E-state index in [9.17, 15) is 19.5 Å². The summed E-state index contributed by atoms with van der Waals surface area (Å²) in [4.78, 5) is 64.4. The van der Waals surface area contributed by atoms with Gasteiger partial charge in [-0.1, -0.05) is 0 Å². The molecule has 4 aromatic rings. The minimum atomic E-state index is -4.27. The summed E-state index contributed by atoms with van der Waals surface area (Å²) in [7, 11) is 0. The van der Waals surface area contributed by atoms with Gasteiger partial charge in [0.05, 0.1) is 38.4 Å². The summed E-state index contributed by atoms with van der Waals surface area (Å²) in [5.74, 6) is -3.59. The molecule has 0 bridgehead atoms. The number of nitrogens with one attached hydrogen (secondary N) is 1. The molecule has 0 aliphatic carbocycles. The van der Waals surface area contributed by atoms with Gasteiger partial charge in [-0.15, -0.1) is 0 Å². The maximum absolute atomic E-state index is 15.0. The van der Waals surface area contributed by atoms with Crippen LogP contribution in [0.1, 0.15) is 25.3 Å². The maximum Gasteiger partial charge on any atom is 0.324 e. The van der Waals surface area contributed by atoms with Gasteiger partial charge in [0.2, 0.25) is 5.95 Å². The highest BCUT2D eigenvalue weighted by Gasteiger charge is 2.52. The zero-order chi connectivity index (χ0) is 32.3. The lowest BCUT2D eigenvalue weighted by molar-refractivity contribution is -0.0998. The quantitative estimate of drug-likeness (QED) is 0.120. The molecule has 2 aliphatic rings. The van der Waals surface area contributed by atoms with Crippen molar-refractivity contribution in [3.8, 4) is 0 Å². The van der Waals surface area contributed by atoms with Crippen LogP contribution in [0.2, 0.25) is 0 Å². The summed E-state index contributed by atoms with van der Waals surface area (Å²) in [6.07, 6.45) is -3.37. The largest absolute Gasteiger partial charge is 0.382 e. The van der Waals surface area contributed by atoms with Crippen molar-refractivity contribution in [2.24, 2.45) is 0 Å². The van der Waals surface area contributed by atoms with E-state index in [1.54, 1.807) is 0 Å². The molecule has 0 spiro atoms. The molecule has 0 aromatic carbocycles. The third-order valence-corrected chi connectivity index (χ3v) is 9.33. The summed E-state index contributed by atoms with van der Waals surface area (Å²) < 4.78 is 60.0. The van der Waals surface area contributed by atoms with Gasteiger partial charge in [0.25, 0.3) is 11.5 Å². The number of fused-ring (bicyclic) bond motifs is 2. The lowest BCUT2D eigenvalue weighted by Crippen LogP contribution is -2.33. The molecule has 4 aromatic heterocycles. The Kier molecular flexibility index (Phi) is 8.50. The topological polar surface area (TPSA) is 266 Å². The van der Waals surface area contributed by atoms with Gasteiger partial charge >= 0.3 is 13.4 Å². The molecule has 2 saturated heterocycles. The van der Waals surface area contributed by atoms with Crippen molar-refractivity contribution < 1.29 is 46.5 Å². The Morgan fingerprint density at radius 3 is 2.47 bits per heavy atom. The summed E-state index contributed by atoms with van der Waals surface area (Å²) in [5, 5.41) is 0. The second-order valence-electron chi connectivity index (χ2n) is 9.96. The number of ether oxygens (including phenoxy) is 2. The van der Waals surface area contributed by atoms with Crippen molar-refractivity contribution in [2.75, 3.05) is 24.7 Å². The first-order chi connectivity index (χ1) is 21.1. The molecule has 2 fully saturated rings. The van der Waals surface area contributed by atoms with E-state index in [0.717, 1.165) is 10.9 Å². The molecular formula is C20H24F2N10O9P2S2. The van der Waals surface area contributed by atoms with Crippen molar-refractivity contribution >= 4 is 71.1 Å². The molecule has 2 aliphatic heterocycles. The van der Waals surface area contributed by atoms with Crippen molar-refractivity contribution in [1.29, 1.82) is 0 Å². The van der Waals surface area contributed by atoms with Crippen LogP contribution in [0, 0.1) is 0 Å². The first kappa shape index (κ1) is 32.3. The van der Waals surface area contributed by atoms with Crippen LogP contribution < -0.4 is 17.0 Å². The van der Waals surface area contributed by atoms with Gasteiger partial charge in [0.15, 0.2) is 22.6 Å². The number of nitrogens with two attached hydrogens (primary N) is 2. The Balaban J connectivity index is 1.15. The van der Waals surface area contributed by atoms with E-state index in [1.165, 1.54) is 17.2 Å². The standard InChI is InChI=1S/C20H24F2N10O9P2S2/c21-20(22)2-12(32-7-28-14-17(32)29-19(24)30-18(14)33)40-10(20)4-38-43(36,45)41-8-1-11(39-9(8)3-37-42(34,35)44)31-6-27-13-15(23)25-5-26-16(13)31/h5-12H,1-4H2,(H,36,45)(H2,23,25,26)(H2,34,35,44)(H3,24,29,30,33)/t8-,9?,10+,11+,12?,43?/m0/s1. The number of aromatic nitrogens is 8. The predicted molar refractivity (Wildman–Crippen MR) is 156 cm³/mol. The van der Waals surface area contributed by atoms with Gasteiger partial charge in [0, 0.05) is 6.42 Å². The highest BCUT2D eigenvalue weighted by atomic mass is 32.5. The number of halogens is 2. The summed E-state index contributed by atoms with van der Waals surface area (Å²) in [6, 6.07) is 0. The van der Waals surface area contributed by atoms with Gasteiger partial charge in [-0.05, 0) is 23.6 Å². The van der Waals surface area contributed by atoms with Gasteiger partial charge in [-0.3, -0.25) is 18.9 Å². The van der Waals surface area contributed by atoms with Crippen LogP contribution >= 0.6 is 13.4 Å². The molecule has 6 atom stereocenters. The SMILES string of the molecule is Nc1nc2c(ncn2C2CC(F)(F)[C@@H](COP(O)(=S)O[C@H]3C[C@H](n4cnc5c(N)ncnc54)OC3COP(O)(O)=S)O2)c(=O)[nH]1. The number of H-pyrrole nitrogens is 1. The normalized spacial score (nSPS) is 26.6. The number of nitrogen functional groups attached to an aromatic ring is 2. The molecule has 244 valence electrons. The number of aromatic amines is 1. The van der Waals surface area contributed by atoms with Gasteiger partial charge in [-0.25, -0.2) is 28.7 Å². The van der Waals surface area contributed by atoms with Gasteiger partial charge in [0.1, 0.15) is 36.5 Å². The summed E-state index contributed by atoms with van der Waals surface area (Å²) in [6.45, 7) is -9.75. The van der Waals surface area contributed by atoms with Crippen molar-refractivity contribution in [2.45, 2.75) is 49.5 Å². The lowest BCUT2D eigenvalue weighted by Gasteiger charge is -2.25. The lowest BCUT2D eigenvalue weighted by atomic mass is 10.2. The van der Waals surface area contributed by atoms with E-state index in [-0.39, 0.29) is 29.4 Å². The molecular weight excluding hydrogens is 688 g/mol. The number of hydrogen-bond donors (Lipinski definition) is 6. The smallest absolute Gasteiger partial charge is 0.324 e. The molecule has 6 heterocycles. The first-order valence-electron chi connectivity index (χ1n) is 12.8. The molecule has 19 nitrogen and oxygen atoms in total. The highest BCUT2D eigenvalue weighted by Crippen LogP contribution is 2.51. The molecule has 6 rings (SSSR count). The fourth-order valence-electron chi connectivity index (χ4n) is 4.93. The minimum Gasteiger partial charge on any atom is -0.382 e. The Morgan fingerprint density at radius 2 is 1.73 bits per heavy atom. The average molecular weight is 713 g/mol. The fourth-order valence-corrected chi connectivity index (χ4v) is 6.91. The third-order valence-electron chi connectivity index (χ3n) is 6.94.